The molecule has 3 heteroatoms. The first-order valence-corrected chi connectivity index (χ1v) is 8.92. The first-order chi connectivity index (χ1) is 11.3. The predicted octanol–water partition coefficient (Wildman–Crippen LogP) is 7.12. The minimum absolute atomic E-state index is 0.847. The van der Waals surface area contributed by atoms with Crippen molar-refractivity contribution in [3.63, 3.8) is 0 Å². The largest absolute Gasteiger partial charge is 0.455 e. The smallest absolute Gasteiger partial charge is 0.160 e. The highest BCUT2D eigenvalue weighted by atomic mass is 79.9. The molecule has 0 aliphatic carbocycles. The van der Waals surface area contributed by atoms with Crippen LogP contribution in [-0.2, 0) is 0 Å². The maximum Gasteiger partial charge on any atom is 0.160 e. The van der Waals surface area contributed by atoms with Crippen LogP contribution >= 0.6 is 27.3 Å². The number of hydrogen-bond donors (Lipinski definition) is 0. The van der Waals surface area contributed by atoms with E-state index >= 15 is 0 Å². The number of benzene rings is 3. The number of ether oxygens (including phenoxy) is 1. The average Bonchev–Trinajstić information content (AvgIpc) is 2.91. The van der Waals surface area contributed by atoms with Gasteiger partial charge in [-0.25, -0.2) is 0 Å². The summed E-state index contributed by atoms with van der Waals surface area (Å²) in [5.74, 6) is 1.73. The molecule has 0 atom stereocenters. The molecular weight excluding hydrogens is 368 g/mol. The van der Waals surface area contributed by atoms with Crippen LogP contribution in [-0.4, -0.2) is 0 Å². The van der Waals surface area contributed by atoms with Gasteiger partial charge in [0.2, 0.25) is 0 Å². The predicted molar refractivity (Wildman–Crippen MR) is 101 cm³/mol. The van der Waals surface area contributed by atoms with E-state index in [0.29, 0.717) is 0 Å². The van der Waals surface area contributed by atoms with Gasteiger partial charge >= 0.3 is 0 Å². The summed E-state index contributed by atoms with van der Waals surface area (Å²) < 4.78 is 8.30. The summed E-state index contributed by atoms with van der Waals surface area (Å²) in [5.41, 5.74) is 2.45. The Morgan fingerprint density at radius 3 is 2.17 bits per heavy atom. The Morgan fingerprint density at radius 1 is 0.739 bits per heavy atom. The Hall–Kier alpha value is -2.10. The molecular formula is C20H13BrOS. The van der Waals surface area contributed by atoms with Gasteiger partial charge in [-0.1, -0.05) is 54.6 Å². The maximum absolute atomic E-state index is 6.07. The highest BCUT2D eigenvalue weighted by molar-refractivity contribution is 9.11. The Labute approximate surface area is 147 Å². The van der Waals surface area contributed by atoms with E-state index in [4.69, 9.17) is 4.74 Å². The number of halogens is 1. The fourth-order valence-electron chi connectivity index (χ4n) is 2.55. The molecule has 0 fully saturated rings. The molecule has 0 spiro atoms. The second kappa shape index (κ2) is 6.19. The topological polar surface area (TPSA) is 9.23 Å². The lowest BCUT2D eigenvalue weighted by Crippen LogP contribution is -1.83. The maximum atomic E-state index is 6.07. The molecule has 0 aliphatic rings. The third-order valence-corrected chi connectivity index (χ3v) is 5.44. The molecule has 0 saturated heterocycles. The van der Waals surface area contributed by atoms with E-state index in [0.717, 1.165) is 20.7 Å². The van der Waals surface area contributed by atoms with E-state index in [2.05, 4.69) is 58.4 Å². The summed E-state index contributed by atoms with van der Waals surface area (Å²) in [6.07, 6.45) is 0. The second-order valence-corrected chi connectivity index (χ2v) is 7.57. The lowest BCUT2D eigenvalue weighted by atomic mass is 10.0. The molecule has 4 rings (SSSR count). The zero-order valence-corrected chi connectivity index (χ0v) is 14.6. The standard InChI is InChI=1S/C20H13BrOS/c21-20-19(22-16-9-5-2-6-10-16)17-12-11-15(13-18(17)23-20)14-7-3-1-4-8-14/h1-13H. The Balaban J connectivity index is 1.77. The van der Waals surface area contributed by atoms with Gasteiger partial charge in [0.1, 0.15) is 9.54 Å². The van der Waals surface area contributed by atoms with Crippen molar-refractivity contribution >= 4 is 37.4 Å². The molecule has 23 heavy (non-hydrogen) atoms. The fraction of sp³-hybridized carbons (Fsp3) is 0. The number of hydrogen-bond acceptors (Lipinski definition) is 2. The van der Waals surface area contributed by atoms with Gasteiger partial charge < -0.3 is 4.74 Å². The molecule has 0 N–H and O–H groups in total. The van der Waals surface area contributed by atoms with Crippen molar-refractivity contribution in [1.82, 2.24) is 0 Å². The third-order valence-electron chi connectivity index (χ3n) is 3.67. The second-order valence-electron chi connectivity index (χ2n) is 5.20. The highest BCUT2D eigenvalue weighted by Gasteiger charge is 2.13. The molecule has 1 heterocycles. The average molecular weight is 381 g/mol. The van der Waals surface area contributed by atoms with Crippen molar-refractivity contribution in [3.05, 3.63) is 82.6 Å². The van der Waals surface area contributed by atoms with Gasteiger partial charge in [-0.3, -0.25) is 0 Å². The molecule has 0 unspecified atom stereocenters. The number of para-hydroxylation sites is 1. The Kier molecular flexibility index (Phi) is 3.90. The van der Waals surface area contributed by atoms with Crippen LogP contribution in [0.15, 0.2) is 82.6 Å². The quantitative estimate of drug-likeness (QED) is 0.367. The van der Waals surface area contributed by atoms with Crippen LogP contribution in [0.1, 0.15) is 0 Å². The van der Waals surface area contributed by atoms with E-state index in [1.807, 2.05) is 36.4 Å². The van der Waals surface area contributed by atoms with E-state index in [9.17, 15) is 0 Å². The molecule has 4 aromatic rings. The minimum atomic E-state index is 0.847. The molecule has 1 aromatic heterocycles. The van der Waals surface area contributed by atoms with Gasteiger partial charge in [0.15, 0.2) is 5.75 Å². The van der Waals surface area contributed by atoms with Crippen LogP contribution < -0.4 is 4.74 Å². The summed E-state index contributed by atoms with van der Waals surface area (Å²) >= 11 is 5.34. The van der Waals surface area contributed by atoms with Crippen LogP contribution in [0.25, 0.3) is 21.2 Å². The van der Waals surface area contributed by atoms with Crippen molar-refractivity contribution in [1.29, 1.82) is 0 Å². The molecule has 0 aliphatic heterocycles. The first kappa shape index (κ1) is 14.5. The van der Waals surface area contributed by atoms with E-state index in [1.54, 1.807) is 11.3 Å². The van der Waals surface area contributed by atoms with Gasteiger partial charge in [0.25, 0.3) is 0 Å². The summed E-state index contributed by atoms with van der Waals surface area (Å²) in [4.78, 5) is 0. The number of thiophene rings is 1. The third kappa shape index (κ3) is 2.90. The summed E-state index contributed by atoms with van der Waals surface area (Å²) in [7, 11) is 0. The zero-order valence-electron chi connectivity index (χ0n) is 12.2. The lowest BCUT2D eigenvalue weighted by Gasteiger charge is -2.06. The summed E-state index contributed by atoms with van der Waals surface area (Å²) in [6, 6.07) is 26.8. The monoisotopic (exact) mass is 380 g/mol. The van der Waals surface area contributed by atoms with Gasteiger partial charge in [0.05, 0.1) is 0 Å². The van der Waals surface area contributed by atoms with Crippen molar-refractivity contribution in [3.8, 4) is 22.6 Å². The van der Waals surface area contributed by atoms with E-state index in [-0.39, 0.29) is 0 Å². The van der Waals surface area contributed by atoms with Gasteiger partial charge in [-0.15, -0.1) is 11.3 Å². The van der Waals surface area contributed by atoms with Gasteiger partial charge in [-0.2, -0.15) is 0 Å². The fourth-order valence-corrected chi connectivity index (χ4v) is 4.27. The lowest BCUT2D eigenvalue weighted by molar-refractivity contribution is 0.487. The van der Waals surface area contributed by atoms with Crippen LogP contribution in [0.5, 0.6) is 11.5 Å². The first-order valence-electron chi connectivity index (χ1n) is 7.31. The van der Waals surface area contributed by atoms with Gasteiger partial charge in [-0.05, 0) is 51.3 Å². The molecule has 3 aromatic carbocycles. The Bertz CT molecular complexity index is 945. The summed E-state index contributed by atoms with van der Waals surface area (Å²) in [6.45, 7) is 0. The number of fused-ring (bicyclic) bond motifs is 1. The van der Waals surface area contributed by atoms with Crippen LogP contribution in [0.2, 0.25) is 0 Å². The van der Waals surface area contributed by atoms with E-state index < -0.39 is 0 Å². The SMILES string of the molecule is Brc1sc2cc(-c3ccccc3)ccc2c1Oc1ccccc1. The summed E-state index contributed by atoms with van der Waals surface area (Å²) in [5, 5.41) is 1.13. The number of rotatable bonds is 3. The molecule has 0 bridgehead atoms. The zero-order chi connectivity index (χ0) is 15.6. The highest BCUT2D eigenvalue weighted by Crippen LogP contribution is 2.44. The van der Waals surface area contributed by atoms with E-state index in [1.165, 1.54) is 15.8 Å². The normalized spacial score (nSPS) is 10.8. The molecule has 1 nitrogen and oxygen atoms in total. The molecule has 0 saturated carbocycles. The molecule has 112 valence electrons. The van der Waals surface area contributed by atoms with Crippen LogP contribution in [0, 0.1) is 0 Å². The Morgan fingerprint density at radius 2 is 1.43 bits per heavy atom. The van der Waals surface area contributed by atoms with Gasteiger partial charge in [0, 0.05) is 10.1 Å². The minimum Gasteiger partial charge on any atom is -0.455 e. The molecule has 0 radical (unpaired) electrons. The van der Waals surface area contributed by atoms with Crippen molar-refractivity contribution in [2.45, 2.75) is 0 Å². The van der Waals surface area contributed by atoms with Crippen molar-refractivity contribution < 1.29 is 4.74 Å². The van der Waals surface area contributed by atoms with Crippen molar-refractivity contribution in [2.75, 3.05) is 0 Å². The van der Waals surface area contributed by atoms with Crippen LogP contribution in [0.3, 0.4) is 0 Å². The van der Waals surface area contributed by atoms with Crippen LogP contribution in [0.4, 0.5) is 0 Å². The van der Waals surface area contributed by atoms with Crippen molar-refractivity contribution in [2.24, 2.45) is 0 Å². The molecule has 0 amide bonds.